The Labute approximate surface area is 138 Å². The van der Waals surface area contributed by atoms with E-state index in [0.29, 0.717) is 0 Å². The van der Waals surface area contributed by atoms with Gasteiger partial charge in [-0.1, -0.05) is 55.5 Å². The van der Waals surface area contributed by atoms with Gasteiger partial charge in [-0.3, -0.25) is 0 Å². The number of fused-ring (bicyclic) bond motifs is 1. The van der Waals surface area contributed by atoms with E-state index in [1.165, 1.54) is 22.3 Å². The molecule has 23 heavy (non-hydrogen) atoms. The predicted molar refractivity (Wildman–Crippen MR) is 97.6 cm³/mol. The summed E-state index contributed by atoms with van der Waals surface area (Å²) in [4.78, 5) is 0. The fourth-order valence-electron chi connectivity index (χ4n) is 3.01. The standard InChI is InChI=1S/C21H25NO/c1-2-16-7-9-17(10-8-16)5-3-4-6-18-11-12-19-13-14-21(23)22-20(19)15-18/h4,6-12,15,21-23H,2-3,5,13-14H2,1H3/b6-4+. The van der Waals surface area contributed by atoms with E-state index in [-0.39, 0.29) is 0 Å². The van der Waals surface area contributed by atoms with Gasteiger partial charge in [0, 0.05) is 5.69 Å². The van der Waals surface area contributed by atoms with Gasteiger partial charge in [0.15, 0.2) is 0 Å². The van der Waals surface area contributed by atoms with Crippen molar-refractivity contribution in [3.63, 3.8) is 0 Å². The van der Waals surface area contributed by atoms with Crippen molar-refractivity contribution in [1.29, 1.82) is 0 Å². The number of allylic oxidation sites excluding steroid dienone is 1. The fraction of sp³-hybridized carbons (Fsp3) is 0.333. The molecule has 120 valence electrons. The van der Waals surface area contributed by atoms with E-state index in [9.17, 15) is 5.11 Å². The van der Waals surface area contributed by atoms with Crippen LogP contribution < -0.4 is 5.32 Å². The first-order chi connectivity index (χ1) is 11.2. The van der Waals surface area contributed by atoms with E-state index in [1.807, 2.05) is 0 Å². The number of hydrogen-bond donors (Lipinski definition) is 2. The second kappa shape index (κ2) is 7.47. The summed E-state index contributed by atoms with van der Waals surface area (Å²) in [6, 6.07) is 15.4. The quantitative estimate of drug-likeness (QED) is 0.848. The number of anilines is 1. The lowest BCUT2D eigenvalue weighted by atomic mass is 10.00. The van der Waals surface area contributed by atoms with Crippen molar-refractivity contribution < 1.29 is 5.11 Å². The molecule has 0 fully saturated rings. The van der Waals surface area contributed by atoms with Gasteiger partial charge in [0.25, 0.3) is 0 Å². The zero-order chi connectivity index (χ0) is 16.1. The van der Waals surface area contributed by atoms with E-state index in [0.717, 1.165) is 37.8 Å². The molecule has 1 heterocycles. The molecule has 2 aromatic rings. The number of rotatable bonds is 5. The van der Waals surface area contributed by atoms with Gasteiger partial charge in [0.1, 0.15) is 6.23 Å². The highest BCUT2D eigenvalue weighted by Crippen LogP contribution is 2.25. The number of aryl methyl sites for hydroxylation is 3. The average Bonchev–Trinajstić information content (AvgIpc) is 2.59. The van der Waals surface area contributed by atoms with Crippen LogP contribution >= 0.6 is 0 Å². The van der Waals surface area contributed by atoms with Crippen LogP contribution in [0.15, 0.2) is 48.5 Å². The fourth-order valence-corrected chi connectivity index (χ4v) is 3.01. The first-order valence-corrected chi connectivity index (χ1v) is 8.56. The molecule has 2 N–H and O–H groups in total. The summed E-state index contributed by atoms with van der Waals surface area (Å²) < 4.78 is 0. The molecule has 2 nitrogen and oxygen atoms in total. The summed E-state index contributed by atoms with van der Waals surface area (Å²) in [6.07, 6.45) is 8.94. The van der Waals surface area contributed by atoms with Gasteiger partial charge in [-0.05, 0) is 60.4 Å². The molecule has 0 saturated carbocycles. The van der Waals surface area contributed by atoms with Crippen LogP contribution in [-0.4, -0.2) is 11.3 Å². The van der Waals surface area contributed by atoms with Crippen LogP contribution in [0, 0.1) is 0 Å². The number of aliphatic hydroxyl groups excluding tert-OH is 1. The molecule has 0 aromatic heterocycles. The van der Waals surface area contributed by atoms with Crippen LogP contribution in [0.5, 0.6) is 0 Å². The van der Waals surface area contributed by atoms with Crippen LogP contribution in [0.3, 0.4) is 0 Å². The summed E-state index contributed by atoms with van der Waals surface area (Å²) >= 11 is 0. The van der Waals surface area contributed by atoms with Gasteiger partial charge < -0.3 is 10.4 Å². The lowest BCUT2D eigenvalue weighted by Gasteiger charge is -2.23. The van der Waals surface area contributed by atoms with Crippen molar-refractivity contribution in [3.05, 3.63) is 70.8 Å². The number of benzene rings is 2. The molecule has 0 aliphatic carbocycles. The molecule has 3 rings (SSSR count). The Morgan fingerprint density at radius 1 is 1.13 bits per heavy atom. The topological polar surface area (TPSA) is 32.3 Å². The smallest absolute Gasteiger partial charge is 0.124 e. The maximum absolute atomic E-state index is 9.70. The maximum Gasteiger partial charge on any atom is 0.124 e. The highest BCUT2D eigenvalue weighted by Gasteiger charge is 2.14. The summed E-state index contributed by atoms with van der Waals surface area (Å²) in [5.74, 6) is 0. The first-order valence-electron chi connectivity index (χ1n) is 8.56. The van der Waals surface area contributed by atoms with E-state index >= 15 is 0 Å². The van der Waals surface area contributed by atoms with E-state index in [1.54, 1.807) is 0 Å². The number of hydrogen-bond acceptors (Lipinski definition) is 2. The van der Waals surface area contributed by atoms with Crippen molar-refractivity contribution in [3.8, 4) is 0 Å². The van der Waals surface area contributed by atoms with Crippen LogP contribution in [0.1, 0.15) is 42.0 Å². The Hall–Kier alpha value is -2.06. The Balaban J connectivity index is 1.56. The van der Waals surface area contributed by atoms with E-state index in [4.69, 9.17) is 0 Å². The minimum absolute atomic E-state index is 0.409. The molecule has 0 radical (unpaired) electrons. The van der Waals surface area contributed by atoms with Gasteiger partial charge in [-0.2, -0.15) is 0 Å². The van der Waals surface area contributed by atoms with Gasteiger partial charge in [0.2, 0.25) is 0 Å². The predicted octanol–water partition coefficient (Wildman–Crippen LogP) is 4.57. The Morgan fingerprint density at radius 3 is 2.70 bits per heavy atom. The molecule has 1 unspecified atom stereocenters. The second-order valence-electron chi connectivity index (χ2n) is 6.23. The molecular formula is C21H25NO. The van der Waals surface area contributed by atoms with Gasteiger partial charge in [0.05, 0.1) is 0 Å². The molecule has 0 spiro atoms. The van der Waals surface area contributed by atoms with E-state index in [2.05, 4.69) is 66.9 Å². The van der Waals surface area contributed by atoms with Crippen molar-refractivity contribution in [1.82, 2.24) is 0 Å². The zero-order valence-electron chi connectivity index (χ0n) is 13.8. The largest absolute Gasteiger partial charge is 0.374 e. The summed E-state index contributed by atoms with van der Waals surface area (Å²) in [5.41, 5.74) is 6.34. The second-order valence-corrected chi connectivity index (χ2v) is 6.23. The van der Waals surface area contributed by atoms with Crippen LogP contribution in [0.25, 0.3) is 6.08 Å². The van der Waals surface area contributed by atoms with Crippen molar-refractivity contribution in [2.75, 3.05) is 5.32 Å². The van der Waals surface area contributed by atoms with Gasteiger partial charge in [-0.25, -0.2) is 0 Å². The third-order valence-electron chi connectivity index (χ3n) is 4.48. The summed E-state index contributed by atoms with van der Waals surface area (Å²) in [7, 11) is 0. The molecular weight excluding hydrogens is 282 g/mol. The highest BCUT2D eigenvalue weighted by atomic mass is 16.3. The molecule has 1 atom stereocenters. The lowest BCUT2D eigenvalue weighted by molar-refractivity contribution is 0.189. The van der Waals surface area contributed by atoms with Crippen molar-refractivity contribution in [2.24, 2.45) is 0 Å². The van der Waals surface area contributed by atoms with Gasteiger partial charge in [-0.15, -0.1) is 0 Å². The average molecular weight is 307 g/mol. The van der Waals surface area contributed by atoms with E-state index < -0.39 is 6.23 Å². The Kier molecular flexibility index (Phi) is 5.14. The molecule has 0 saturated heterocycles. The first kappa shape index (κ1) is 15.8. The maximum atomic E-state index is 9.70. The van der Waals surface area contributed by atoms with Crippen LogP contribution in [0.4, 0.5) is 5.69 Å². The molecule has 1 aliphatic rings. The molecule has 0 amide bonds. The third-order valence-corrected chi connectivity index (χ3v) is 4.48. The van der Waals surface area contributed by atoms with Gasteiger partial charge >= 0.3 is 0 Å². The third kappa shape index (κ3) is 4.23. The minimum Gasteiger partial charge on any atom is -0.374 e. The normalized spacial score (nSPS) is 17.0. The zero-order valence-corrected chi connectivity index (χ0v) is 13.8. The SMILES string of the molecule is CCc1ccc(CC/C=C/c2ccc3c(c2)NC(O)CC3)cc1. The summed E-state index contributed by atoms with van der Waals surface area (Å²) in [6.45, 7) is 2.18. The molecule has 0 bridgehead atoms. The van der Waals surface area contributed by atoms with Crippen LogP contribution in [-0.2, 0) is 19.3 Å². The highest BCUT2D eigenvalue weighted by molar-refractivity contribution is 5.62. The Morgan fingerprint density at radius 2 is 1.91 bits per heavy atom. The van der Waals surface area contributed by atoms with Crippen molar-refractivity contribution in [2.45, 2.75) is 45.3 Å². The van der Waals surface area contributed by atoms with Crippen LogP contribution in [0.2, 0.25) is 0 Å². The molecule has 2 aromatic carbocycles. The number of aliphatic hydroxyl groups is 1. The molecule has 2 heteroatoms. The monoisotopic (exact) mass is 307 g/mol. The molecule has 1 aliphatic heterocycles. The van der Waals surface area contributed by atoms with Crippen molar-refractivity contribution >= 4 is 11.8 Å². The lowest BCUT2D eigenvalue weighted by Crippen LogP contribution is -2.24. The summed E-state index contributed by atoms with van der Waals surface area (Å²) in [5, 5.41) is 12.8. The Bertz CT molecular complexity index is 673. The minimum atomic E-state index is -0.409. The number of nitrogens with one attached hydrogen (secondary N) is 1.